The van der Waals surface area contributed by atoms with Gasteiger partial charge in [0.05, 0.1) is 6.07 Å². The molecule has 5 nitrogen and oxygen atoms in total. The number of carbonyl (C=O) groups is 3. The van der Waals surface area contributed by atoms with Crippen molar-refractivity contribution >= 4 is 17.5 Å². The minimum atomic E-state index is -0.808. The fraction of sp³-hybridized carbons (Fsp3) is 0.538. The molecule has 0 radical (unpaired) electrons. The highest BCUT2D eigenvalue weighted by Gasteiger charge is 2.54. The SMILES string of the molecule is CC#Cc1cc(C)c(C2C(=O)CC3(CCN(C(=O)C4(C#N)CC4)CC3)CC2=O)c(C)c1. The Kier molecular flexibility index (Phi) is 5.26. The summed E-state index contributed by atoms with van der Waals surface area (Å²) in [4.78, 5) is 40.9. The molecule has 0 N–H and O–H groups in total. The molecule has 1 aromatic carbocycles. The van der Waals surface area contributed by atoms with Crippen LogP contribution in [0.25, 0.3) is 0 Å². The number of Topliss-reactive ketones (excluding diaryl/α,β-unsaturated/α-hetero) is 2. The zero-order valence-electron chi connectivity index (χ0n) is 18.5. The van der Waals surface area contributed by atoms with Crippen molar-refractivity contribution in [2.24, 2.45) is 10.8 Å². The molecule has 160 valence electrons. The van der Waals surface area contributed by atoms with Gasteiger partial charge in [-0.25, -0.2) is 0 Å². The first-order valence-corrected chi connectivity index (χ1v) is 11.0. The van der Waals surface area contributed by atoms with Crippen molar-refractivity contribution in [3.63, 3.8) is 0 Å². The summed E-state index contributed by atoms with van der Waals surface area (Å²) in [5, 5.41) is 9.30. The van der Waals surface area contributed by atoms with Crippen molar-refractivity contribution in [1.29, 1.82) is 5.26 Å². The number of nitriles is 1. The van der Waals surface area contributed by atoms with Gasteiger partial charge in [0.15, 0.2) is 0 Å². The van der Waals surface area contributed by atoms with Gasteiger partial charge in [-0.2, -0.15) is 5.26 Å². The number of piperidine rings is 1. The van der Waals surface area contributed by atoms with Crippen molar-refractivity contribution in [3.8, 4) is 17.9 Å². The van der Waals surface area contributed by atoms with Gasteiger partial charge >= 0.3 is 0 Å². The van der Waals surface area contributed by atoms with E-state index in [1.165, 1.54) is 0 Å². The van der Waals surface area contributed by atoms with Gasteiger partial charge in [0.1, 0.15) is 22.9 Å². The van der Waals surface area contributed by atoms with E-state index < -0.39 is 11.3 Å². The minimum Gasteiger partial charge on any atom is -0.341 e. The molecule has 1 aromatic rings. The van der Waals surface area contributed by atoms with Crippen molar-refractivity contribution < 1.29 is 14.4 Å². The molecule has 0 aromatic heterocycles. The summed E-state index contributed by atoms with van der Waals surface area (Å²) in [5.74, 6) is 5.16. The lowest BCUT2D eigenvalue weighted by Gasteiger charge is -2.45. The normalized spacial score (nSPS) is 21.9. The Balaban J connectivity index is 1.50. The fourth-order valence-electron chi connectivity index (χ4n) is 5.49. The number of ketones is 2. The predicted molar refractivity (Wildman–Crippen MR) is 116 cm³/mol. The molecule has 1 heterocycles. The summed E-state index contributed by atoms with van der Waals surface area (Å²) in [7, 11) is 0. The van der Waals surface area contributed by atoms with Gasteiger partial charge in [-0.15, -0.1) is 5.92 Å². The summed E-state index contributed by atoms with van der Waals surface area (Å²) in [5.41, 5.74) is 2.46. The summed E-state index contributed by atoms with van der Waals surface area (Å²) >= 11 is 0. The Bertz CT molecular complexity index is 1030. The van der Waals surface area contributed by atoms with Crippen molar-refractivity contribution in [3.05, 3.63) is 34.4 Å². The van der Waals surface area contributed by atoms with Crippen LogP contribution in [0.4, 0.5) is 0 Å². The van der Waals surface area contributed by atoms with Crippen molar-refractivity contribution in [1.82, 2.24) is 4.90 Å². The zero-order valence-corrected chi connectivity index (χ0v) is 18.5. The molecule has 0 atom stereocenters. The zero-order chi connectivity index (χ0) is 22.4. The molecule has 1 amide bonds. The first-order chi connectivity index (χ1) is 14.7. The van der Waals surface area contributed by atoms with Crippen molar-refractivity contribution in [2.75, 3.05) is 13.1 Å². The highest BCUT2D eigenvalue weighted by atomic mass is 16.2. The van der Waals surface area contributed by atoms with E-state index in [1.807, 2.05) is 26.0 Å². The third-order valence-electron chi connectivity index (χ3n) is 7.38. The Morgan fingerprint density at radius 1 is 1.03 bits per heavy atom. The summed E-state index contributed by atoms with van der Waals surface area (Å²) < 4.78 is 0. The molecule has 0 unspecified atom stereocenters. The predicted octanol–water partition coefficient (Wildman–Crippen LogP) is 3.60. The van der Waals surface area contributed by atoms with Gasteiger partial charge in [-0.05, 0) is 80.7 Å². The molecule has 3 aliphatic rings. The molecule has 0 bridgehead atoms. The van der Waals surface area contributed by atoms with Crippen LogP contribution in [0.3, 0.4) is 0 Å². The Labute approximate surface area is 183 Å². The number of hydrogen-bond donors (Lipinski definition) is 0. The van der Waals surface area contributed by atoms with E-state index in [2.05, 4.69) is 17.9 Å². The average Bonchev–Trinajstić information content (AvgIpc) is 3.51. The third kappa shape index (κ3) is 3.68. The molecule has 3 fully saturated rings. The number of carbonyl (C=O) groups excluding carboxylic acids is 3. The maximum atomic E-state index is 13.3. The molecule has 1 aliphatic heterocycles. The lowest BCUT2D eigenvalue weighted by molar-refractivity contribution is -0.141. The molecule has 5 heteroatoms. The number of rotatable bonds is 2. The Morgan fingerprint density at radius 2 is 1.58 bits per heavy atom. The lowest BCUT2D eigenvalue weighted by atomic mass is 9.62. The summed E-state index contributed by atoms with van der Waals surface area (Å²) in [6.45, 7) is 6.73. The molecule has 31 heavy (non-hydrogen) atoms. The molecular formula is C26H28N2O3. The number of aryl methyl sites for hydroxylation is 2. The van der Waals surface area contributed by atoms with E-state index in [1.54, 1.807) is 11.8 Å². The highest BCUT2D eigenvalue weighted by Crippen LogP contribution is 2.50. The summed E-state index contributed by atoms with van der Waals surface area (Å²) in [6, 6.07) is 6.08. The third-order valence-corrected chi connectivity index (χ3v) is 7.38. The van der Waals surface area contributed by atoms with Gasteiger partial charge in [-0.1, -0.05) is 5.92 Å². The largest absolute Gasteiger partial charge is 0.341 e. The molecular weight excluding hydrogens is 388 g/mol. The van der Waals surface area contributed by atoms with Gasteiger partial charge in [-0.3, -0.25) is 14.4 Å². The standard InChI is InChI=1S/C26H28N2O3/c1-4-5-19-12-17(2)22(18(3)13-19)23-20(29)14-25(15-21(23)30)8-10-28(11-9-25)24(31)26(16-27)6-7-26/h12-13,23H,6-11,14-15H2,1-3H3. The quantitative estimate of drug-likeness (QED) is 0.545. The second-order valence-electron chi connectivity index (χ2n) is 9.60. The maximum Gasteiger partial charge on any atom is 0.243 e. The number of benzene rings is 1. The van der Waals surface area contributed by atoms with E-state index >= 15 is 0 Å². The van der Waals surface area contributed by atoms with Crippen LogP contribution in [0.15, 0.2) is 12.1 Å². The smallest absolute Gasteiger partial charge is 0.243 e. The van der Waals surface area contributed by atoms with Crippen LogP contribution in [0, 0.1) is 47.8 Å². The number of likely N-dealkylation sites (tertiary alicyclic amines) is 1. The number of amides is 1. The average molecular weight is 417 g/mol. The van der Waals surface area contributed by atoms with Gasteiger partial charge in [0.2, 0.25) is 5.91 Å². The van der Waals surface area contributed by atoms with Crippen LogP contribution in [0.1, 0.15) is 73.6 Å². The van der Waals surface area contributed by atoms with Gasteiger partial charge in [0.25, 0.3) is 0 Å². The van der Waals surface area contributed by atoms with Crippen LogP contribution in [-0.4, -0.2) is 35.5 Å². The first kappa shape index (κ1) is 21.3. The van der Waals surface area contributed by atoms with Crippen LogP contribution in [-0.2, 0) is 14.4 Å². The maximum absolute atomic E-state index is 13.3. The Hall–Kier alpha value is -2.92. The molecule has 1 spiro atoms. The van der Waals surface area contributed by atoms with E-state index in [-0.39, 0.29) is 22.9 Å². The summed E-state index contributed by atoms with van der Waals surface area (Å²) in [6.07, 6.45) is 3.34. The minimum absolute atomic E-state index is 0.00718. The van der Waals surface area contributed by atoms with Crippen LogP contribution >= 0.6 is 0 Å². The van der Waals surface area contributed by atoms with Gasteiger partial charge < -0.3 is 4.90 Å². The molecule has 4 rings (SSSR count). The van der Waals surface area contributed by atoms with E-state index in [4.69, 9.17) is 0 Å². The van der Waals surface area contributed by atoms with Gasteiger partial charge in [0, 0.05) is 31.5 Å². The second kappa shape index (κ2) is 7.65. The monoisotopic (exact) mass is 416 g/mol. The fourth-order valence-corrected chi connectivity index (χ4v) is 5.49. The van der Waals surface area contributed by atoms with Crippen LogP contribution in [0.2, 0.25) is 0 Å². The number of nitrogens with zero attached hydrogens (tertiary/aromatic N) is 2. The molecule has 1 saturated heterocycles. The molecule has 2 aliphatic carbocycles. The van der Waals surface area contributed by atoms with Crippen LogP contribution in [0.5, 0.6) is 0 Å². The second-order valence-corrected chi connectivity index (χ2v) is 9.60. The van der Waals surface area contributed by atoms with E-state index in [0.29, 0.717) is 51.6 Å². The topological polar surface area (TPSA) is 78.2 Å². The van der Waals surface area contributed by atoms with Crippen molar-refractivity contribution in [2.45, 2.75) is 65.2 Å². The number of hydrogen-bond acceptors (Lipinski definition) is 4. The lowest BCUT2D eigenvalue weighted by Crippen LogP contribution is -2.49. The first-order valence-electron chi connectivity index (χ1n) is 11.0. The van der Waals surface area contributed by atoms with E-state index in [0.717, 1.165) is 22.3 Å². The van der Waals surface area contributed by atoms with E-state index in [9.17, 15) is 19.6 Å². The Morgan fingerprint density at radius 3 is 2.03 bits per heavy atom. The highest BCUT2D eigenvalue weighted by molar-refractivity contribution is 6.10. The van der Waals surface area contributed by atoms with Crippen LogP contribution < -0.4 is 0 Å². The molecule has 2 saturated carbocycles.